The van der Waals surface area contributed by atoms with Crippen molar-refractivity contribution in [2.75, 3.05) is 5.73 Å². The van der Waals surface area contributed by atoms with Crippen LogP contribution in [0, 0.1) is 3.57 Å². The normalized spacial score (nSPS) is 9.56. The van der Waals surface area contributed by atoms with E-state index in [0.717, 1.165) is 3.57 Å². The maximum atomic E-state index is 5.62. The minimum absolute atomic E-state index is 0.386. The van der Waals surface area contributed by atoms with Crippen molar-refractivity contribution >= 4 is 40.0 Å². The van der Waals surface area contributed by atoms with Gasteiger partial charge in [0.05, 0.1) is 5.02 Å². The second kappa shape index (κ2) is 2.70. The SMILES string of the molecule is Nc1ncc(I)cc1Cl. The standard InChI is InChI=1S/C5H4ClIN2/c6-4-1-3(7)2-9-5(4)8/h1-2H,(H2,8,9). The van der Waals surface area contributed by atoms with Crippen molar-refractivity contribution in [3.8, 4) is 0 Å². The maximum absolute atomic E-state index is 5.62. The van der Waals surface area contributed by atoms with Crippen LogP contribution in [0.2, 0.25) is 5.02 Å². The number of hydrogen-bond acceptors (Lipinski definition) is 2. The maximum Gasteiger partial charge on any atom is 0.142 e. The van der Waals surface area contributed by atoms with Crippen molar-refractivity contribution in [2.45, 2.75) is 0 Å². The average Bonchev–Trinajstić information content (AvgIpc) is 1.80. The fourth-order valence-electron chi connectivity index (χ4n) is 0.425. The Balaban J connectivity index is 3.17. The van der Waals surface area contributed by atoms with Gasteiger partial charge in [-0.15, -0.1) is 0 Å². The van der Waals surface area contributed by atoms with Crippen molar-refractivity contribution in [1.29, 1.82) is 0 Å². The van der Waals surface area contributed by atoms with E-state index in [9.17, 15) is 0 Å². The number of nitrogen functional groups attached to an aromatic ring is 1. The molecule has 2 N–H and O–H groups in total. The summed E-state index contributed by atoms with van der Waals surface area (Å²) in [5, 5.41) is 0.516. The van der Waals surface area contributed by atoms with Crippen LogP contribution in [0.5, 0.6) is 0 Å². The second-order valence-electron chi connectivity index (χ2n) is 1.52. The lowest BCUT2D eigenvalue weighted by Crippen LogP contribution is -1.90. The molecule has 48 valence electrons. The predicted octanol–water partition coefficient (Wildman–Crippen LogP) is 1.92. The molecular weight excluding hydrogens is 250 g/mol. The third-order valence-corrected chi connectivity index (χ3v) is 1.73. The molecule has 4 heteroatoms. The molecule has 0 spiro atoms. The molecule has 0 bridgehead atoms. The Bertz CT molecular complexity index is 226. The largest absolute Gasteiger partial charge is 0.382 e. The van der Waals surface area contributed by atoms with E-state index in [1.165, 1.54) is 0 Å². The van der Waals surface area contributed by atoms with Gasteiger partial charge in [0.15, 0.2) is 0 Å². The Morgan fingerprint density at radius 2 is 2.33 bits per heavy atom. The monoisotopic (exact) mass is 254 g/mol. The van der Waals surface area contributed by atoms with E-state index in [1.54, 1.807) is 12.3 Å². The zero-order valence-electron chi connectivity index (χ0n) is 4.44. The molecule has 1 aromatic heterocycles. The van der Waals surface area contributed by atoms with E-state index in [4.69, 9.17) is 17.3 Å². The van der Waals surface area contributed by atoms with Gasteiger partial charge in [-0.3, -0.25) is 0 Å². The molecule has 0 radical (unpaired) electrons. The van der Waals surface area contributed by atoms with Gasteiger partial charge in [-0.1, -0.05) is 11.6 Å². The molecule has 0 aliphatic rings. The van der Waals surface area contributed by atoms with Crippen molar-refractivity contribution in [2.24, 2.45) is 0 Å². The summed E-state index contributed by atoms with van der Waals surface area (Å²) in [4.78, 5) is 3.82. The number of nitrogens with zero attached hydrogens (tertiary/aromatic N) is 1. The smallest absolute Gasteiger partial charge is 0.142 e. The third-order valence-electron chi connectivity index (χ3n) is 0.836. The van der Waals surface area contributed by atoms with Crippen LogP contribution in [-0.2, 0) is 0 Å². The summed E-state index contributed by atoms with van der Waals surface area (Å²) in [6.07, 6.45) is 1.67. The van der Waals surface area contributed by atoms with Gasteiger partial charge in [-0.25, -0.2) is 4.98 Å². The van der Waals surface area contributed by atoms with Gasteiger partial charge >= 0.3 is 0 Å². The molecular formula is C5H4ClIN2. The van der Waals surface area contributed by atoms with Crippen LogP contribution in [0.15, 0.2) is 12.3 Å². The molecule has 1 aromatic rings. The minimum atomic E-state index is 0.386. The second-order valence-corrected chi connectivity index (χ2v) is 3.17. The Labute approximate surface area is 71.6 Å². The van der Waals surface area contributed by atoms with E-state index in [2.05, 4.69) is 27.6 Å². The van der Waals surface area contributed by atoms with Gasteiger partial charge in [0, 0.05) is 9.77 Å². The summed E-state index contributed by atoms with van der Waals surface area (Å²) >= 11 is 7.74. The molecule has 0 atom stereocenters. The molecule has 0 saturated heterocycles. The topological polar surface area (TPSA) is 38.9 Å². The number of anilines is 1. The highest BCUT2D eigenvalue weighted by Crippen LogP contribution is 2.17. The lowest BCUT2D eigenvalue weighted by molar-refractivity contribution is 1.32. The number of halogens is 2. The van der Waals surface area contributed by atoms with Crippen molar-refractivity contribution in [1.82, 2.24) is 4.98 Å². The Morgan fingerprint density at radius 3 is 2.78 bits per heavy atom. The Kier molecular flexibility index (Phi) is 2.13. The molecule has 0 aliphatic carbocycles. The summed E-state index contributed by atoms with van der Waals surface area (Å²) in [7, 11) is 0. The number of nitrogens with two attached hydrogens (primary N) is 1. The van der Waals surface area contributed by atoms with Crippen LogP contribution in [0.25, 0.3) is 0 Å². The summed E-state index contributed by atoms with van der Waals surface area (Å²) in [6, 6.07) is 1.77. The first-order chi connectivity index (χ1) is 4.20. The Hall–Kier alpha value is -0.0300. The van der Waals surface area contributed by atoms with E-state index in [-0.39, 0.29) is 0 Å². The van der Waals surface area contributed by atoms with Crippen LogP contribution >= 0.6 is 34.2 Å². The molecule has 0 aliphatic heterocycles. The van der Waals surface area contributed by atoms with E-state index < -0.39 is 0 Å². The van der Waals surface area contributed by atoms with E-state index in [0.29, 0.717) is 10.8 Å². The molecule has 2 nitrogen and oxygen atoms in total. The van der Waals surface area contributed by atoms with Crippen LogP contribution < -0.4 is 5.73 Å². The van der Waals surface area contributed by atoms with Crippen LogP contribution in [0.1, 0.15) is 0 Å². The summed E-state index contributed by atoms with van der Waals surface area (Å²) in [6.45, 7) is 0. The van der Waals surface area contributed by atoms with Crippen molar-refractivity contribution in [3.63, 3.8) is 0 Å². The molecule has 0 aromatic carbocycles. The fourth-order valence-corrected chi connectivity index (χ4v) is 1.23. The number of hydrogen-bond donors (Lipinski definition) is 1. The lowest BCUT2D eigenvalue weighted by atomic mass is 10.5. The van der Waals surface area contributed by atoms with Crippen molar-refractivity contribution < 1.29 is 0 Å². The molecule has 0 saturated carbocycles. The highest BCUT2D eigenvalue weighted by molar-refractivity contribution is 14.1. The predicted molar refractivity (Wildman–Crippen MR) is 46.4 cm³/mol. The Morgan fingerprint density at radius 1 is 1.67 bits per heavy atom. The zero-order chi connectivity index (χ0) is 6.85. The number of aromatic nitrogens is 1. The summed E-state index contributed by atoms with van der Waals surface area (Å²) in [5.41, 5.74) is 5.34. The fraction of sp³-hybridized carbons (Fsp3) is 0. The quantitative estimate of drug-likeness (QED) is 0.719. The highest BCUT2D eigenvalue weighted by atomic mass is 127. The summed E-state index contributed by atoms with van der Waals surface area (Å²) in [5.74, 6) is 0.386. The van der Waals surface area contributed by atoms with Gasteiger partial charge in [-0.2, -0.15) is 0 Å². The van der Waals surface area contributed by atoms with Gasteiger partial charge in [-0.05, 0) is 28.7 Å². The first kappa shape index (κ1) is 7.08. The van der Waals surface area contributed by atoms with Crippen LogP contribution in [-0.4, -0.2) is 4.98 Å². The van der Waals surface area contributed by atoms with Gasteiger partial charge in [0.1, 0.15) is 5.82 Å². The van der Waals surface area contributed by atoms with Gasteiger partial charge in [0.25, 0.3) is 0 Å². The molecule has 1 rings (SSSR count). The molecule has 0 fully saturated rings. The van der Waals surface area contributed by atoms with Gasteiger partial charge in [0.2, 0.25) is 0 Å². The first-order valence-electron chi connectivity index (χ1n) is 2.26. The van der Waals surface area contributed by atoms with E-state index >= 15 is 0 Å². The molecule has 9 heavy (non-hydrogen) atoms. The van der Waals surface area contributed by atoms with Crippen LogP contribution in [0.3, 0.4) is 0 Å². The number of rotatable bonds is 0. The molecule has 1 heterocycles. The lowest BCUT2D eigenvalue weighted by Gasteiger charge is -1.94. The molecule has 0 amide bonds. The first-order valence-corrected chi connectivity index (χ1v) is 3.72. The van der Waals surface area contributed by atoms with Gasteiger partial charge < -0.3 is 5.73 Å². The minimum Gasteiger partial charge on any atom is -0.382 e. The number of pyridine rings is 1. The van der Waals surface area contributed by atoms with E-state index in [1.807, 2.05) is 0 Å². The average molecular weight is 254 g/mol. The highest BCUT2D eigenvalue weighted by Gasteiger charge is 1.94. The zero-order valence-corrected chi connectivity index (χ0v) is 7.35. The third kappa shape index (κ3) is 1.69. The van der Waals surface area contributed by atoms with Crippen molar-refractivity contribution in [3.05, 3.63) is 20.9 Å². The summed E-state index contributed by atoms with van der Waals surface area (Å²) < 4.78 is 0.992. The van der Waals surface area contributed by atoms with Crippen LogP contribution in [0.4, 0.5) is 5.82 Å². The molecule has 0 unspecified atom stereocenters.